The molecule has 0 aliphatic carbocycles. The molecule has 3 aromatic rings. The standard InChI is InChI=1S/C25H30N4OS/c1-20-6-5-9-22(16-20)25-27-23(19-31-25)17-24(30)26-10-11-28-12-14-29(15-13-28)18-21-7-3-2-4-8-21/h2-9,16,19H,10-15,17-18H2,1H3,(H,26,30). The van der Waals surface area contributed by atoms with E-state index < -0.39 is 0 Å². The predicted octanol–water partition coefficient (Wildman–Crippen LogP) is 3.60. The van der Waals surface area contributed by atoms with Gasteiger partial charge in [0.15, 0.2) is 0 Å². The van der Waals surface area contributed by atoms with Crippen molar-refractivity contribution < 1.29 is 4.79 Å². The van der Waals surface area contributed by atoms with E-state index in [0.29, 0.717) is 13.0 Å². The number of hydrogen-bond acceptors (Lipinski definition) is 5. The van der Waals surface area contributed by atoms with Gasteiger partial charge in [-0.25, -0.2) is 4.98 Å². The largest absolute Gasteiger partial charge is 0.354 e. The van der Waals surface area contributed by atoms with Crippen LogP contribution in [0.15, 0.2) is 60.0 Å². The first-order chi connectivity index (χ1) is 15.2. The molecule has 1 aliphatic rings. The number of rotatable bonds is 8. The fraction of sp³-hybridized carbons (Fsp3) is 0.360. The van der Waals surface area contributed by atoms with E-state index in [9.17, 15) is 4.79 Å². The maximum atomic E-state index is 12.3. The van der Waals surface area contributed by atoms with Crippen LogP contribution in [0.5, 0.6) is 0 Å². The number of amides is 1. The van der Waals surface area contributed by atoms with Crippen LogP contribution in [0, 0.1) is 6.92 Å². The van der Waals surface area contributed by atoms with E-state index in [0.717, 1.165) is 55.5 Å². The summed E-state index contributed by atoms with van der Waals surface area (Å²) in [5.74, 6) is 0.0452. The summed E-state index contributed by atoms with van der Waals surface area (Å²) in [5.41, 5.74) is 4.54. The first-order valence-corrected chi connectivity index (χ1v) is 11.8. The zero-order chi connectivity index (χ0) is 21.5. The molecule has 6 heteroatoms. The lowest BCUT2D eigenvalue weighted by atomic mass is 10.1. The van der Waals surface area contributed by atoms with Gasteiger partial charge < -0.3 is 5.32 Å². The monoisotopic (exact) mass is 434 g/mol. The number of aryl methyl sites for hydroxylation is 1. The van der Waals surface area contributed by atoms with Gasteiger partial charge in [-0.3, -0.25) is 14.6 Å². The zero-order valence-corrected chi connectivity index (χ0v) is 18.9. The summed E-state index contributed by atoms with van der Waals surface area (Å²) in [4.78, 5) is 21.9. The van der Waals surface area contributed by atoms with Gasteiger partial charge in [-0.15, -0.1) is 11.3 Å². The molecule has 4 rings (SSSR count). The number of carbonyl (C=O) groups excluding carboxylic acids is 1. The van der Waals surface area contributed by atoms with E-state index in [2.05, 4.69) is 75.6 Å². The lowest BCUT2D eigenvalue weighted by Gasteiger charge is -2.34. The molecule has 2 aromatic carbocycles. The smallest absolute Gasteiger partial charge is 0.226 e. The van der Waals surface area contributed by atoms with Crippen LogP contribution in [0.25, 0.3) is 10.6 Å². The second-order valence-electron chi connectivity index (χ2n) is 8.14. The molecule has 0 saturated carbocycles. The van der Waals surface area contributed by atoms with Crippen LogP contribution in [0.2, 0.25) is 0 Å². The van der Waals surface area contributed by atoms with E-state index >= 15 is 0 Å². The molecule has 1 N–H and O–H groups in total. The van der Waals surface area contributed by atoms with Crippen LogP contribution < -0.4 is 5.32 Å². The SMILES string of the molecule is Cc1cccc(-c2nc(CC(=O)NCCN3CCN(Cc4ccccc4)CC3)cs2)c1. The van der Waals surface area contributed by atoms with Gasteiger partial charge in [-0.05, 0) is 18.6 Å². The number of hydrogen-bond donors (Lipinski definition) is 1. The van der Waals surface area contributed by atoms with Gasteiger partial charge in [0, 0.05) is 56.8 Å². The van der Waals surface area contributed by atoms with Crippen molar-refractivity contribution in [2.75, 3.05) is 39.3 Å². The van der Waals surface area contributed by atoms with Crippen molar-refractivity contribution in [1.29, 1.82) is 0 Å². The number of nitrogens with one attached hydrogen (secondary N) is 1. The molecule has 162 valence electrons. The third-order valence-corrected chi connectivity index (χ3v) is 6.56. The topological polar surface area (TPSA) is 48.5 Å². The molecule has 1 fully saturated rings. The van der Waals surface area contributed by atoms with Crippen LogP contribution in [0.1, 0.15) is 16.8 Å². The van der Waals surface area contributed by atoms with E-state index in [4.69, 9.17) is 0 Å². The third-order valence-electron chi connectivity index (χ3n) is 5.62. The second-order valence-corrected chi connectivity index (χ2v) is 9.00. The summed E-state index contributed by atoms with van der Waals surface area (Å²) in [7, 11) is 0. The minimum Gasteiger partial charge on any atom is -0.354 e. The first kappa shape index (κ1) is 21.7. The van der Waals surface area contributed by atoms with Crippen LogP contribution >= 0.6 is 11.3 Å². The Balaban J connectivity index is 1.15. The molecule has 2 heterocycles. The summed E-state index contributed by atoms with van der Waals surface area (Å²) in [6.45, 7) is 8.93. The highest BCUT2D eigenvalue weighted by molar-refractivity contribution is 7.13. The maximum Gasteiger partial charge on any atom is 0.226 e. The Kier molecular flexibility index (Phi) is 7.46. The minimum atomic E-state index is 0.0452. The van der Waals surface area contributed by atoms with Gasteiger partial charge in [-0.1, -0.05) is 54.1 Å². The van der Waals surface area contributed by atoms with E-state index in [-0.39, 0.29) is 5.91 Å². The van der Waals surface area contributed by atoms with Crippen molar-refractivity contribution >= 4 is 17.2 Å². The highest BCUT2D eigenvalue weighted by atomic mass is 32.1. The van der Waals surface area contributed by atoms with Gasteiger partial charge in [-0.2, -0.15) is 0 Å². The molecule has 31 heavy (non-hydrogen) atoms. The second kappa shape index (κ2) is 10.7. The van der Waals surface area contributed by atoms with Crippen molar-refractivity contribution in [2.24, 2.45) is 0 Å². The Morgan fingerprint density at radius 3 is 2.58 bits per heavy atom. The molecule has 1 saturated heterocycles. The molecular weight excluding hydrogens is 404 g/mol. The number of piperazine rings is 1. The van der Waals surface area contributed by atoms with E-state index in [1.165, 1.54) is 11.1 Å². The van der Waals surface area contributed by atoms with Crippen LogP contribution in [0.3, 0.4) is 0 Å². The molecule has 5 nitrogen and oxygen atoms in total. The number of benzene rings is 2. The Morgan fingerprint density at radius 1 is 1.03 bits per heavy atom. The molecule has 0 radical (unpaired) electrons. The van der Waals surface area contributed by atoms with E-state index in [1.54, 1.807) is 11.3 Å². The summed E-state index contributed by atoms with van der Waals surface area (Å²) in [5, 5.41) is 6.02. The average molecular weight is 435 g/mol. The van der Waals surface area contributed by atoms with Crippen molar-refractivity contribution in [3.05, 3.63) is 76.8 Å². The Hall–Kier alpha value is -2.54. The summed E-state index contributed by atoms with van der Waals surface area (Å²) in [6, 6.07) is 19.0. The van der Waals surface area contributed by atoms with Crippen LogP contribution in [-0.2, 0) is 17.8 Å². The number of carbonyl (C=O) groups is 1. The van der Waals surface area contributed by atoms with Gasteiger partial charge in [0.25, 0.3) is 0 Å². The molecular formula is C25H30N4OS. The maximum absolute atomic E-state index is 12.3. The highest BCUT2D eigenvalue weighted by Crippen LogP contribution is 2.24. The van der Waals surface area contributed by atoms with Gasteiger partial charge in [0.1, 0.15) is 5.01 Å². The summed E-state index contributed by atoms with van der Waals surface area (Å²) < 4.78 is 0. The van der Waals surface area contributed by atoms with Gasteiger partial charge in [0.05, 0.1) is 12.1 Å². The van der Waals surface area contributed by atoms with E-state index in [1.807, 2.05) is 11.4 Å². The van der Waals surface area contributed by atoms with Crippen molar-refractivity contribution in [2.45, 2.75) is 19.9 Å². The molecule has 0 bridgehead atoms. The molecule has 0 unspecified atom stereocenters. The van der Waals surface area contributed by atoms with Crippen LogP contribution in [-0.4, -0.2) is 60.0 Å². The first-order valence-electron chi connectivity index (χ1n) is 10.9. The van der Waals surface area contributed by atoms with Gasteiger partial charge >= 0.3 is 0 Å². The molecule has 1 amide bonds. The van der Waals surface area contributed by atoms with Gasteiger partial charge in [0.2, 0.25) is 5.91 Å². The fourth-order valence-electron chi connectivity index (χ4n) is 3.89. The Morgan fingerprint density at radius 2 is 1.81 bits per heavy atom. The van der Waals surface area contributed by atoms with Crippen LogP contribution in [0.4, 0.5) is 0 Å². The highest BCUT2D eigenvalue weighted by Gasteiger charge is 2.17. The van der Waals surface area contributed by atoms with Crippen molar-refractivity contribution in [3.8, 4) is 10.6 Å². The lowest BCUT2D eigenvalue weighted by molar-refractivity contribution is -0.120. The quantitative estimate of drug-likeness (QED) is 0.589. The molecule has 1 aliphatic heterocycles. The normalized spacial score (nSPS) is 15.1. The van der Waals surface area contributed by atoms with Crippen molar-refractivity contribution in [3.63, 3.8) is 0 Å². The fourth-order valence-corrected chi connectivity index (χ4v) is 4.71. The summed E-state index contributed by atoms with van der Waals surface area (Å²) in [6.07, 6.45) is 0.340. The molecule has 0 spiro atoms. The number of aromatic nitrogens is 1. The third kappa shape index (κ3) is 6.47. The minimum absolute atomic E-state index is 0.0452. The molecule has 1 aromatic heterocycles. The van der Waals surface area contributed by atoms with Crippen molar-refractivity contribution in [1.82, 2.24) is 20.1 Å². The molecule has 0 atom stereocenters. The Bertz CT molecular complexity index is 980. The zero-order valence-electron chi connectivity index (χ0n) is 18.1. The average Bonchev–Trinajstić information content (AvgIpc) is 3.24. The summed E-state index contributed by atoms with van der Waals surface area (Å²) >= 11 is 1.60. The number of thiazole rings is 1. The number of nitrogens with zero attached hydrogens (tertiary/aromatic N) is 3. The Labute approximate surface area is 188 Å². The lowest BCUT2D eigenvalue weighted by Crippen LogP contribution is -2.48. The predicted molar refractivity (Wildman–Crippen MR) is 127 cm³/mol.